The van der Waals surface area contributed by atoms with Gasteiger partial charge in [0, 0.05) is 10.8 Å². The van der Waals surface area contributed by atoms with Crippen LogP contribution in [0.3, 0.4) is 0 Å². The van der Waals surface area contributed by atoms with Crippen molar-refractivity contribution < 1.29 is 0 Å². The topological polar surface area (TPSA) is 25.8 Å². The van der Waals surface area contributed by atoms with Gasteiger partial charge in [0.05, 0.1) is 4.88 Å². The number of hydrogen-bond acceptors (Lipinski definition) is 3. The molecule has 0 aliphatic carbocycles. The Morgan fingerprint density at radius 1 is 1.12 bits per heavy atom. The summed E-state index contributed by atoms with van der Waals surface area (Å²) in [6, 6.07) is 10.1. The first kappa shape index (κ1) is 10.7. The van der Waals surface area contributed by atoms with Gasteiger partial charge in [0.15, 0.2) is 5.15 Å². The van der Waals surface area contributed by atoms with Crippen LogP contribution in [0.2, 0.25) is 5.15 Å². The van der Waals surface area contributed by atoms with Gasteiger partial charge in [0.25, 0.3) is 0 Å². The molecule has 0 saturated carbocycles. The number of aromatic nitrogens is 2. The largest absolute Gasteiger partial charge is 0.159 e. The second-order valence-electron chi connectivity index (χ2n) is 3.87. The second-order valence-corrected chi connectivity index (χ2v) is 5.14. The van der Waals surface area contributed by atoms with E-state index in [9.17, 15) is 0 Å². The monoisotopic (exact) mass is 260 g/mol. The van der Waals surface area contributed by atoms with Crippen molar-refractivity contribution in [3.05, 3.63) is 46.4 Å². The van der Waals surface area contributed by atoms with Crippen molar-refractivity contribution in [2.45, 2.75) is 6.92 Å². The number of fused-ring (bicyclic) bond motifs is 1. The SMILES string of the molecule is Cc1csc(-c2nnc(Cl)c3ccccc23)c1. The van der Waals surface area contributed by atoms with Crippen molar-refractivity contribution in [1.82, 2.24) is 10.2 Å². The van der Waals surface area contributed by atoms with Gasteiger partial charge in [-0.15, -0.1) is 21.5 Å². The van der Waals surface area contributed by atoms with Gasteiger partial charge in [-0.1, -0.05) is 35.9 Å². The maximum absolute atomic E-state index is 6.05. The molecule has 0 unspecified atom stereocenters. The van der Waals surface area contributed by atoms with Crippen molar-refractivity contribution in [2.75, 3.05) is 0 Å². The molecule has 4 heteroatoms. The van der Waals surface area contributed by atoms with Crippen LogP contribution in [-0.4, -0.2) is 10.2 Å². The highest BCUT2D eigenvalue weighted by atomic mass is 35.5. The van der Waals surface area contributed by atoms with E-state index in [-0.39, 0.29) is 0 Å². The third kappa shape index (κ3) is 1.81. The predicted octanol–water partition coefficient (Wildman–Crippen LogP) is 4.32. The molecule has 1 aromatic carbocycles. The van der Waals surface area contributed by atoms with Gasteiger partial charge in [-0.05, 0) is 23.9 Å². The van der Waals surface area contributed by atoms with Gasteiger partial charge >= 0.3 is 0 Å². The lowest BCUT2D eigenvalue weighted by Gasteiger charge is -2.03. The number of thiophene rings is 1. The number of hydrogen-bond donors (Lipinski definition) is 0. The van der Waals surface area contributed by atoms with Crippen LogP contribution in [0, 0.1) is 6.92 Å². The number of halogens is 1. The average molecular weight is 261 g/mol. The van der Waals surface area contributed by atoms with E-state index in [1.165, 1.54) is 5.56 Å². The summed E-state index contributed by atoms with van der Waals surface area (Å²) in [5, 5.41) is 12.8. The van der Waals surface area contributed by atoms with Gasteiger partial charge < -0.3 is 0 Å². The Hall–Kier alpha value is -1.45. The standard InChI is InChI=1S/C13H9ClN2S/c1-8-6-11(17-7-8)12-9-4-2-3-5-10(9)13(14)16-15-12/h2-7H,1H3. The molecule has 0 spiro atoms. The van der Waals surface area contributed by atoms with E-state index in [0.29, 0.717) is 5.15 Å². The zero-order valence-electron chi connectivity index (χ0n) is 9.14. The third-order valence-corrected chi connectivity index (χ3v) is 3.94. The van der Waals surface area contributed by atoms with Gasteiger partial charge in [-0.2, -0.15) is 0 Å². The Kier molecular flexibility index (Phi) is 2.57. The molecule has 2 aromatic heterocycles. The van der Waals surface area contributed by atoms with E-state index >= 15 is 0 Å². The first-order valence-electron chi connectivity index (χ1n) is 5.22. The molecule has 0 atom stereocenters. The first-order chi connectivity index (χ1) is 8.25. The molecule has 0 amide bonds. The van der Waals surface area contributed by atoms with E-state index in [1.807, 2.05) is 24.3 Å². The Labute approximate surface area is 108 Å². The lowest BCUT2D eigenvalue weighted by molar-refractivity contribution is 1.06. The minimum absolute atomic E-state index is 0.456. The lowest BCUT2D eigenvalue weighted by atomic mass is 10.1. The van der Waals surface area contributed by atoms with Gasteiger partial charge in [0.1, 0.15) is 5.69 Å². The fraction of sp³-hybridized carbons (Fsp3) is 0.0769. The number of rotatable bonds is 1. The Morgan fingerprint density at radius 3 is 2.59 bits per heavy atom. The molecule has 3 rings (SSSR count). The zero-order chi connectivity index (χ0) is 11.8. The molecule has 0 fully saturated rings. The minimum atomic E-state index is 0.456. The highest BCUT2D eigenvalue weighted by molar-refractivity contribution is 7.13. The lowest BCUT2D eigenvalue weighted by Crippen LogP contribution is -1.89. The number of benzene rings is 1. The summed E-state index contributed by atoms with van der Waals surface area (Å²) < 4.78 is 0. The maximum Gasteiger partial charge on any atom is 0.159 e. The van der Waals surface area contributed by atoms with E-state index in [2.05, 4.69) is 28.6 Å². The van der Waals surface area contributed by atoms with Gasteiger partial charge in [0.2, 0.25) is 0 Å². The molecule has 3 aromatic rings. The fourth-order valence-corrected chi connectivity index (χ4v) is 2.91. The van der Waals surface area contributed by atoms with Gasteiger partial charge in [-0.25, -0.2) is 0 Å². The van der Waals surface area contributed by atoms with Crippen LogP contribution in [0.15, 0.2) is 35.7 Å². The molecule has 2 heterocycles. The van der Waals surface area contributed by atoms with Crippen LogP contribution in [0.25, 0.3) is 21.3 Å². The molecular formula is C13H9ClN2S. The van der Waals surface area contributed by atoms with Crippen LogP contribution in [0.1, 0.15) is 5.56 Å². The van der Waals surface area contributed by atoms with E-state index < -0.39 is 0 Å². The molecule has 0 aliphatic rings. The van der Waals surface area contributed by atoms with Crippen LogP contribution in [-0.2, 0) is 0 Å². The van der Waals surface area contributed by atoms with Crippen LogP contribution in [0.4, 0.5) is 0 Å². The maximum atomic E-state index is 6.05. The van der Waals surface area contributed by atoms with Crippen molar-refractivity contribution in [1.29, 1.82) is 0 Å². The summed E-state index contributed by atoms with van der Waals surface area (Å²) in [6.45, 7) is 2.07. The van der Waals surface area contributed by atoms with E-state index in [0.717, 1.165) is 21.3 Å². The van der Waals surface area contributed by atoms with E-state index in [4.69, 9.17) is 11.6 Å². The molecule has 0 radical (unpaired) electrons. The minimum Gasteiger partial charge on any atom is -0.147 e. The first-order valence-corrected chi connectivity index (χ1v) is 6.48. The predicted molar refractivity (Wildman–Crippen MR) is 72.6 cm³/mol. The smallest absolute Gasteiger partial charge is 0.147 e. The van der Waals surface area contributed by atoms with Crippen LogP contribution < -0.4 is 0 Å². The Morgan fingerprint density at radius 2 is 1.88 bits per heavy atom. The number of nitrogens with zero attached hydrogens (tertiary/aromatic N) is 2. The van der Waals surface area contributed by atoms with Gasteiger partial charge in [-0.3, -0.25) is 0 Å². The molecule has 0 aliphatic heterocycles. The Balaban J connectivity index is 2.34. The summed E-state index contributed by atoms with van der Waals surface area (Å²) in [6.07, 6.45) is 0. The zero-order valence-corrected chi connectivity index (χ0v) is 10.7. The molecule has 0 bridgehead atoms. The molecule has 84 valence electrons. The molecular weight excluding hydrogens is 252 g/mol. The van der Waals surface area contributed by atoms with Crippen molar-refractivity contribution >= 4 is 33.7 Å². The molecule has 17 heavy (non-hydrogen) atoms. The van der Waals surface area contributed by atoms with Crippen molar-refractivity contribution in [3.63, 3.8) is 0 Å². The number of aryl methyl sites for hydroxylation is 1. The highest BCUT2D eigenvalue weighted by Crippen LogP contribution is 2.32. The highest BCUT2D eigenvalue weighted by Gasteiger charge is 2.10. The average Bonchev–Trinajstić information content (AvgIpc) is 2.77. The van der Waals surface area contributed by atoms with Crippen LogP contribution in [0.5, 0.6) is 0 Å². The third-order valence-electron chi connectivity index (χ3n) is 2.61. The summed E-state index contributed by atoms with van der Waals surface area (Å²) in [7, 11) is 0. The van der Waals surface area contributed by atoms with E-state index in [1.54, 1.807) is 11.3 Å². The van der Waals surface area contributed by atoms with Crippen molar-refractivity contribution in [2.24, 2.45) is 0 Å². The second kappa shape index (κ2) is 4.09. The summed E-state index contributed by atoms with van der Waals surface area (Å²) >= 11 is 7.73. The summed E-state index contributed by atoms with van der Waals surface area (Å²) in [4.78, 5) is 1.13. The molecule has 2 nitrogen and oxygen atoms in total. The molecule has 0 saturated heterocycles. The van der Waals surface area contributed by atoms with Crippen molar-refractivity contribution in [3.8, 4) is 10.6 Å². The fourth-order valence-electron chi connectivity index (χ4n) is 1.81. The van der Waals surface area contributed by atoms with Crippen LogP contribution >= 0.6 is 22.9 Å². The quantitative estimate of drug-likeness (QED) is 0.651. The Bertz CT molecular complexity index is 691. The molecule has 0 N–H and O–H groups in total. The summed E-state index contributed by atoms with van der Waals surface area (Å²) in [5.41, 5.74) is 2.15. The normalized spacial score (nSPS) is 10.9. The summed E-state index contributed by atoms with van der Waals surface area (Å²) in [5.74, 6) is 0.